The lowest BCUT2D eigenvalue weighted by atomic mass is 10.2. The van der Waals surface area contributed by atoms with Gasteiger partial charge in [0.05, 0.1) is 0 Å². The van der Waals surface area contributed by atoms with Crippen molar-refractivity contribution in [2.75, 3.05) is 12.9 Å². The molecule has 0 aromatic rings. The standard InChI is InChI=1S/C6H11NO2S/c1-10-7-6(8)5-3-2-4-9-5/h5H,2-4H2,1H3,(H,7,8). The van der Waals surface area contributed by atoms with Crippen LogP contribution in [0.15, 0.2) is 0 Å². The number of hydrogen-bond acceptors (Lipinski definition) is 3. The Morgan fingerprint density at radius 1 is 1.80 bits per heavy atom. The van der Waals surface area contributed by atoms with Crippen LogP contribution in [0.1, 0.15) is 12.8 Å². The summed E-state index contributed by atoms with van der Waals surface area (Å²) >= 11 is 1.32. The van der Waals surface area contributed by atoms with Gasteiger partial charge in [0.1, 0.15) is 6.10 Å². The first-order valence-electron chi connectivity index (χ1n) is 3.29. The third kappa shape index (κ3) is 1.88. The van der Waals surface area contributed by atoms with Gasteiger partial charge in [-0.15, -0.1) is 0 Å². The van der Waals surface area contributed by atoms with Crippen molar-refractivity contribution in [1.29, 1.82) is 0 Å². The van der Waals surface area contributed by atoms with Gasteiger partial charge in [-0.2, -0.15) is 0 Å². The quantitative estimate of drug-likeness (QED) is 0.601. The number of carbonyl (C=O) groups is 1. The van der Waals surface area contributed by atoms with E-state index in [2.05, 4.69) is 4.72 Å². The van der Waals surface area contributed by atoms with Gasteiger partial charge in [-0.25, -0.2) is 0 Å². The summed E-state index contributed by atoms with van der Waals surface area (Å²) in [6, 6.07) is 0. The molecule has 10 heavy (non-hydrogen) atoms. The summed E-state index contributed by atoms with van der Waals surface area (Å²) in [5, 5.41) is 0. The third-order valence-electron chi connectivity index (χ3n) is 1.42. The van der Waals surface area contributed by atoms with Crippen LogP contribution in [0, 0.1) is 0 Å². The van der Waals surface area contributed by atoms with Crippen LogP contribution < -0.4 is 4.72 Å². The van der Waals surface area contributed by atoms with E-state index in [4.69, 9.17) is 4.74 Å². The summed E-state index contributed by atoms with van der Waals surface area (Å²) in [7, 11) is 0. The van der Waals surface area contributed by atoms with E-state index in [1.54, 1.807) is 0 Å². The summed E-state index contributed by atoms with van der Waals surface area (Å²) in [5.41, 5.74) is 0. The zero-order valence-electron chi connectivity index (χ0n) is 5.92. The molecule has 1 rings (SSSR count). The number of carbonyl (C=O) groups excluding carboxylic acids is 1. The fourth-order valence-corrected chi connectivity index (χ4v) is 1.28. The van der Waals surface area contributed by atoms with Gasteiger partial charge < -0.3 is 4.74 Å². The zero-order valence-corrected chi connectivity index (χ0v) is 6.74. The fourth-order valence-electron chi connectivity index (χ4n) is 0.951. The molecule has 1 unspecified atom stereocenters. The van der Waals surface area contributed by atoms with Crippen molar-refractivity contribution in [3.05, 3.63) is 0 Å². The van der Waals surface area contributed by atoms with E-state index in [9.17, 15) is 4.79 Å². The number of rotatable bonds is 2. The van der Waals surface area contributed by atoms with Crippen molar-refractivity contribution in [2.24, 2.45) is 0 Å². The lowest BCUT2D eigenvalue weighted by molar-refractivity contribution is -0.127. The summed E-state index contributed by atoms with van der Waals surface area (Å²) in [6.07, 6.45) is 3.51. The molecule has 0 aliphatic carbocycles. The molecule has 1 N–H and O–H groups in total. The van der Waals surface area contributed by atoms with E-state index < -0.39 is 0 Å². The van der Waals surface area contributed by atoms with Crippen molar-refractivity contribution >= 4 is 17.9 Å². The van der Waals surface area contributed by atoms with Crippen LogP contribution in [0.2, 0.25) is 0 Å². The zero-order chi connectivity index (χ0) is 7.40. The molecule has 0 aromatic heterocycles. The first kappa shape index (κ1) is 7.88. The number of nitrogens with one attached hydrogen (secondary N) is 1. The first-order valence-corrected chi connectivity index (χ1v) is 4.51. The number of hydrogen-bond donors (Lipinski definition) is 1. The maximum absolute atomic E-state index is 11.0. The lowest BCUT2D eigenvalue weighted by Gasteiger charge is -2.06. The van der Waals surface area contributed by atoms with Gasteiger partial charge in [0, 0.05) is 12.9 Å². The molecular weight excluding hydrogens is 150 g/mol. The number of amides is 1. The maximum atomic E-state index is 11.0. The van der Waals surface area contributed by atoms with Gasteiger partial charge in [-0.3, -0.25) is 9.52 Å². The van der Waals surface area contributed by atoms with Crippen molar-refractivity contribution in [3.63, 3.8) is 0 Å². The highest BCUT2D eigenvalue weighted by Gasteiger charge is 2.22. The average Bonchev–Trinajstić information content (AvgIpc) is 2.38. The Morgan fingerprint density at radius 3 is 3.10 bits per heavy atom. The summed E-state index contributed by atoms with van der Waals surface area (Å²) < 4.78 is 7.78. The van der Waals surface area contributed by atoms with Gasteiger partial charge in [0.2, 0.25) is 0 Å². The van der Waals surface area contributed by atoms with Crippen molar-refractivity contribution in [2.45, 2.75) is 18.9 Å². The lowest BCUT2D eigenvalue weighted by Crippen LogP contribution is -2.29. The predicted molar refractivity (Wildman–Crippen MR) is 40.6 cm³/mol. The molecule has 0 saturated carbocycles. The molecule has 0 spiro atoms. The second-order valence-corrected chi connectivity index (χ2v) is 2.78. The van der Waals surface area contributed by atoms with E-state index in [0.717, 1.165) is 19.4 Å². The van der Waals surface area contributed by atoms with E-state index >= 15 is 0 Å². The second kappa shape index (κ2) is 3.83. The Labute approximate surface area is 64.6 Å². The first-order chi connectivity index (χ1) is 4.84. The average molecular weight is 161 g/mol. The van der Waals surface area contributed by atoms with Gasteiger partial charge in [0.25, 0.3) is 5.91 Å². The normalized spacial score (nSPS) is 24.7. The highest BCUT2D eigenvalue weighted by atomic mass is 32.2. The minimum absolute atomic E-state index is 0.00463. The SMILES string of the molecule is CSNC(=O)C1CCCO1. The molecule has 1 aliphatic rings. The molecule has 3 nitrogen and oxygen atoms in total. The molecule has 1 heterocycles. The molecule has 0 bridgehead atoms. The fraction of sp³-hybridized carbons (Fsp3) is 0.833. The van der Waals surface area contributed by atoms with Crippen LogP contribution >= 0.6 is 11.9 Å². The van der Waals surface area contributed by atoms with Crippen LogP contribution in [-0.4, -0.2) is 24.9 Å². The van der Waals surface area contributed by atoms with Crippen molar-refractivity contribution in [3.8, 4) is 0 Å². The van der Waals surface area contributed by atoms with Crippen LogP contribution in [0.5, 0.6) is 0 Å². The Hall–Kier alpha value is -0.220. The van der Waals surface area contributed by atoms with Gasteiger partial charge >= 0.3 is 0 Å². The van der Waals surface area contributed by atoms with E-state index in [1.165, 1.54) is 11.9 Å². The van der Waals surface area contributed by atoms with Gasteiger partial charge in [0.15, 0.2) is 0 Å². The minimum atomic E-state index is -0.188. The summed E-state index contributed by atoms with van der Waals surface area (Å²) in [5.74, 6) is 0.00463. The smallest absolute Gasteiger partial charge is 0.258 e. The van der Waals surface area contributed by atoms with Crippen LogP contribution in [0.4, 0.5) is 0 Å². The van der Waals surface area contributed by atoms with Crippen molar-refractivity contribution in [1.82, 2.24) is 4.72 Å². The van der Waals surface area contributed by atoms with Crippen LogP contribution in [0.3, 0.4) is 0 Å². The molecule has 1 saturated heterocycles. The molecule has 0 aromatic carbocycles. The molecule has 1 atom stereocenters. The molecule has 1 amide bonds. The third-order valence-corrected chi connectivity index (χ3v) is 1.83. The molecule has 0 radical (unpaired) electrons. The van der Waals surface area contributed by atoms with Crippen LogP contribution in [0.25, 0.3) is 0 Å². The highest BCUT2D eigenvalue weighted by Crippen LogP contribution is 2.12. The summed E-state index contributed by atoms with van der Waals surface area (Å²) in [4.78, 5) is 11.0. The Morgan fingerprint density at radius 2 is 2.60 bits per heavy atom. The molecule has 58 valence electrons. The maximum Gasteiger partial charge on any atom is 0.258 e. The van der Waals surface area contributed by atoms with E-state index in [0.29, 0.717) is 0 Å². The molecule has 4 heteroatoms. The highest BCUT2D eigenvalue weighted by molar-refractivity contribution is 7.97. The Kier molecular flexibility index (Phi) is 3.02. The largest absolute Gasteiger partial charge is 0.368 e. The Balaban J connectivity index is 2.25. The Bertz CT molecular complexity index is 123. The monoisotopic (exact) mass is 161 g/mol. The minimum Gasteiger partial charge on any atom is -0.368 e. The topological polar surface area (TPSA) is 38.3 Å². The number of ether oxygens (including phenoxy) is 1. The molecule has 1 aliphatic heterocycles. The van der Waals surface area contributed by atoms with E-state index in [1.807, 2.05) is 6.26 Å². The second-order valence-electron chi connectivity index (χ2n) is 2.17. The molecular formula is C6H11NO2S. The predicted octanol–water partition coefficient (Wildman–Crippen LogP) is 0.560. The summed E-state index contributed by atoms with van der Waals surface area (Å²) in [6.45, 7) is 0.729. The van der Waals surface area contributed by atoms with Crippen molar-refractivity contribution < 1.29 is 9.53 Å². The molecule has 1 fully saturated rings. The van der Waals surface area contributed by atoms with Crippen LogP contribution in [-0.2, 0) is 9.53 Å². The van der Waals surface area contributed by atoms with E-state index in [-0.39, 0.29) is 12.0 Å². The van der Waals surface area contributed by atoms with Gasteiger partial charge in [-0.1, -0.05) is 11.9 Å². The van der Waals surface area contributed by atoms with Gasteiger partial charge in [-0.05, 0) is 12.8 Å².